The van der Waals surface area contributed by atoms with Crippen molar-refractivity contribution >= 4 is 55.7 Å². The minimum absolute atomic E-state index is 0.996. The van der Waals surface area contributed by atoms with Crippen LogP contribution in [0.25, 0.3) is 89.1 Å². The molecule has 0 radical (unpaired) electrons. The normalized spacial score (nSPS) is 12.0. The Balaban J connectivity index is 1.50. The first-order valence-corrected chi connectivity index (χ1v) is 15.1. The third kappa shape index (κ3) is 4.32. The Labute approximate surface area is 257 Å². The summed E-state index contributed by atoms with van der Waals surface area (Å²) in [6, 6.07) is 53.3. The number of hydrogen-bond donors (Lipinski definition) is 0. The van der Waals surface area contributed by atoms with Gasteiger partial charge in [-0.2, -0.15) is 0 Å². The summed E-state index contributed by atoms with van der Waals surface area (Å²) < 4.78 is 0. The topological polar surface area (TPSA) is 0 Å². The average molecular weight is 559 g/mol. The Morgan fingerprint density at radius 1 is 0.386 bits per heavy atom. The molecule has 0 aliphatic rings. The molecule has 0 amide bonds. The van der Waals surface area contributed by atoms with E-state index in [1.807, 2.05) is 12.2 Å². The lowest BCUT2D eigenvalue weighted by Gasteiger charge is -2.19. The lowest BCUT2D eigenvalue weighted by molar-refractivity contribution is 1.52. The van der Waals surface area contributed by atoms with E-state index in [1.165, 1.54) is 70.9 Å². The van der Waals surface area contributed by atoms with E-state index in [1.54, 1.807) is 0 Å². The van der Waals surface area contributed by atoms with Crippen molar-refractivity contribution in [2.24, 2.45) is 0 Å². The maximum atomic E-state index is 4.22. The maximum Gasteiger partial charge on any atom is -0.00259 e. The Kier molecular flexibility index (Phi) is 6.21. The van der Waals surface area contributed by atoms with Crippen molar-refractivity contribution < 1.29 is 0 Å². The molecule has 8 aromatic carbocycles. The van der Waals surface area contributed by atoms with Crippen molar-refractivity contribution in [1.82, 2.24) is 0 Å². The molecule has 0 spiro atoms. The molecule has 0 heterocycles. The predicted octanol–water partition coefficient (Wildman–Crippen LogP) is 10.7. The second kappa shape index (κ2) is 10.5. The van der Waals surface area contributed by atoms with Gasteiger partial charge in [0.25, 0.3) is 0 Å². The number of fused-ring (bicyclic) bond motifs is 4. The number of rotatable bonds is 4. The molecule has 0 saturated carbocycles. The van der Waals surface area contributed by atoms with Gasteiger partial charge in [0.15, 0.2) is 0 Å². The van der Waals surface area contributed by atoms with E-state index in [-0.39, 0.29) is 0 Å². The highest BCUT2D eigenvalue weighted by Crippen LogP contribution is 2.45. The fraction of sp³-hybridized carbons (Fsp3) is 0. The van der Waals surface area contributed by atoms with Crippen molar-refractivity contribution in [3.05, 3.63) is 169 Å². The van der Waals surface area contributed by atoms with Gasteiger partial charge in [-0.3, -0.25) is 0 Å². The second-order valence-corrected chi connectivity index (χ2v) is 11.5. The summed E-state index contributed by atoms with van der Waals surface area (Å²) >= 11 is 0. The van der Waals surface area contributed by atoms with Gasteiger partial charge in [-0.05, 0) is 111 Å². The van der Waals surface area contributed by atoms with Crippen molar-refractivity contribution in [2.75, 3.05) is 0 Å². The van der Waals surface area contributed by atoms with Crippen molar-refractivity contribution in [2.45, 2.75) is 0 Å². The lowest BCUT2D eigenvalue weighted by Crippen LogP contribution is -2.22. The fourth-order valence-electron chi connectivity index (χ4n) is 6.73. The van der Waals surface area contributed by atoms with Crippen LogP contribution in [0.4, 0.5) is 0 Å². The third-order valence-electron chi connectivity index (χ3n) is 8.88. The van der Waals surface area contributed by atoms with Crippen LogP contribution in [0.3, 0.4) is 0 Å². The maximum absolute atomic E-state index is 4.22. The van der Waals surface area contributed by atoms with Crippen LogP contribution in [0.5, 0.6) is 0 Å². The zero-order chi connectivity index (χ0) is 29.6. The molecule has 0 unspecified atom stereocenters. The molecule has 0 atom stereocenters. The van der Waals surface area contributed by atoms with E-state index in [2.05, 4.69) is 159 Å². The van der Waals surface area contributed by atoms with Crippen molar-refractivity contribution in [3.63, 3.8) is 0 Å². The largest absolute Gasteiger partial charge is 0.0990 e. The molecular formula is C44H30. The van der Waals surface area contributed by atoms with Gasteiger partial charge in [0.2, 0.25) is 0 Å². The zero-order valence-electron chi connectivity index (χ0n) is 24.4. The minimum atomic E-state index is 0.996. The average Bonchev–Trinajstić information content (AvgIpc) is 3.07. The molecule has 0 bridgehead atoms. The van der Waals surface area contributed by atoms with Gasteiger partial charge in [-0.25, -0.2) is 0 Å². The smallest absolute Gasteiger partial charge is 0.00259 e. The number of benzene rings is 8. The van der Waals surface area contributed by atoms with Crippen molar-refractivity contribution in [3.8, 4) is 33.4 Å². The molecule has 44 heavy (non-hydrogen) atoms. The Morgan fingerprint density at radius 3 is 1.48 bits per heavy atom. The van der Waals surface area contributed by atoms with Crippen LogP contribution >= 0.6 is 0 Å². The Hall–Kier alpha value is -5.72. The summed E-state index contributed by atoms with van der Waals surface area (Å²) in [7, 11) is 0. The molecule has 0 nitrogen and oxygen atoms in total. The second-order valence-electron chi connectivity index (χ2n) is 11.5. The van der Waals surface area contributed by atoms with E-state index in [4.69, 9.17) is 0 Å². The van der Waals surface area contributed by atoms with E-state index >= 15 is 0 Å². The first kappa shape index (κ1) is 25.9. The van der Waals surface area contributed by atoms with Gasteiger partial charge in [0.1, 0.15) is 0 Å². The standard InChI is InChI=1S/C44H30/c1-3-10-32-25-35(18-17-29(32)2)36-23-24-41-42(28-36)44(38-22-20-31-12-5-7-14-34(31)27-38)40-16-9-8-15-39(40)43(41)37-21-19-30-11-4-6-13-33(30)26-37/h3-28H,1-2H2/b32-10-. The van der Waals surface area contributed by atoms with E-state index < -0.39 is 0 Å². The first-order chi connectivity index (χ1) is 21.7. The molecule has 8 aromatic rings. The molecule has 0 fully saturated rings. The molecule has 0 aliphatic carbocycles. The molecule has 0 N–H and O–H groups in total. The van der Waals surface area contributed by atoms with Crippen molar-refractivity contribution in [1.29, 1.82) is 0 Å². The quantitative estimate of drug-likeness (QED) is 0.189. The monoisotopic (exact) mass is 558 g/mol. The van der Waals surface area contributed by atoms with Gasteiger partial charge in [-0.1, -0.05) is 147 Å². The van der Waals surface area contributed by atoms with Crippen LogP contribution in [0.1, 0.15) is 0 Å². The summed E-state index contributed by atoms with van der Waals surface area (Å²) in [5.74, 6) is 0. The first-order valence-electron chi connectivity index (χ1n) is 15.1. The SMILES string of the molecule is C=C/C=c1/cc(-c2ccc3c(-c4ccc5ccccc5c4)c4ccccc4c(-c4ccc5ccccc5c4)c3c2)ccc1=C. The highest BCUT2D eigenvalue weighted by atomic mass is 14.2. The van der Waals surface area contributed by atoms with E-state index in [0.29, 0.717) is 0 Å². The molecule has 0 heteroatoms. The number of hydrogen-bond acceptors (Lipinski definition) is 0. The molecule has 206 valence electrons. The van der Waals surface area contributed by atoms with Gasteiger partial charge < -0.3 is 0 Å². The highest BCUT2D eigenvalue weighted by molar-refractivity contribution is 6.22. The molecule has 0 aromatic heterocycles. The van der Waals surface area contributed by atoms with Crippen LogP contribution in [-0.4, -0.2) is 0 Å². The Bertz CT molecular complexity index is 2530. The van der Waals surface area contributed by atoms with Gasteiger partial charge in [-0.15, -0.1) is 0 Å². The summed E-state index contributed by atoms with van der Waals surface area (Å²) in [5, 5.41) is 12.1. The van der Waals surface area contributed by atoms with E-state index in [0.717, 1.165) is 16.0 Å². The van der Waals surface area contributed by atoms with Gasteiger partial charge >= 0.3 is 0 Å². The molecule has 0 aliphatic heterocycles. The van der Waals surface area contributed by atoms with Crippen LogP contribution in [0, 0.1) is 0 Å². The van der Waals surface area contributed by atoms with E-state index in [9.17, 15) is 0 Å². The molecule has 8 rings (SSSR count). The summed E-state index contributed by atoms with van der Waals surface area (Å²) in [6.07, 6.45) is 3.85. The lowest BCUT2D eigenvalue weighted by atomic mass is 9.84. The predicted molar refractivity (Wildman–Crippen MR) is 192 cm³/mol. The third-order valence-corrected chi connectivity index (χ3v) is 8.88. The molecule has 0 saturated heterocycles. The number of allylic oxidation sites excluding steroid dienone is 1. The summed E-state index contributed by atoms with van der Waals surface area (Å²) in [4.78, 5) is 0. The zero-order valence-corrected chi connectivity index (χ0v) is 24.4. The minimum Gasteiger partial charge on any atom is -0.0990 e. The van der Waals surface area contributed by atoms with Crippen LogP contribution in [0.15, 0.2) is 158 Å². The van der Waals surface area contributed by atoms with Gasteiger partial charge in [0.05, 0.1) is 0 Å². The van der Waals surface area contributed by atoms with Crippen LogP contribution in [-0.2, 0) is 0 Å². The van der Waals surface area contributed by atoms with Gasteiger partial charge in [0, 0.05) is 0 Å². The summed E-state index contributed by atoms with van der Waals surface area (Å²) in [6.45, 7) is 8.13. The highest BCUT2D eigenvalue weighted by Gasteiger charge is 2.18. The fourth-order valence-corrected chi connectivity index (χ4v) is 6.73. The Morgan fingerprint density at radius 2 is 0.864 bits per heavy atom. The molecular weight excluding hydrogens is 528 g/mol. The summed E-state index contributed by atoms with van der Waals surface area (Å²) in [5.41, 5.74) is 7.33. The van der Waals surface area contributed by atoms with Crippen LogP contribution in [0.2, 0.25) is 0 Å². The van der Waals surface area contributed by atoms with Crippen LogP contribution < -0.4 is 10.4 Å².